The Morgan fingerprint density at radius 2 is 1.66 bits per heavy atom. The van der Waals surface area contributed by atoms with Crippen molar-refractivity contribution in [2.75, 3.05) is 38.2 Å². The molecule has 1 amide bonds. The van der Waals surface area contributed by atoms with Gasteiger partial charge in [0.2, 0.25) is 5.91 Å². The third-order valence-electron chi connectivity index (χ3n) is 5.59. The molecule has 3 aromatic rings. The van der Waals surface area contributed by atoms with Gasteiger partial charge in [-0.3, -0.25) is 4.79 Å². The summed E-state index contributed by atoms with van der Waals surface area (Å²) in [6.07, 6.45) is 1.72. The second-order valence-electron chi connectivity index (χ2n) is 7.33. The molecule has 2 heterocycles. The summed E-state index contributed by atoms with van der Waals surface area (Å²) in [5.41, 5.74) is 3.83. The van der Waals surface area contributed by atoms with Crippen molar-refractivity contribution in [1.29, 1.82) is 0 Å². The lowest BCUT2D eigenvalue weighted by Gasteiger charge is -2.37. The molecule has 0 saturated carbocycles. The predicted octanol–water partition coefficient (Wildman–Crippen LogP) is 3.09. The molecular weight excluding hydrogens is 366 g/mol. The van der Waals surface area contributed by atoms with Crippen molar-refractivity contribution < 1.29 is 14.3 Å². The molecule has 0 bridgehead atoms. The van der Waals surface area contributed by atoms with Crippen molar-refractivity contribution in [3.8, 4) is 0 Å². The molecule has 0 radical (unpaired) electrons. The highest BCUT2D eigenvalue weighted by Gasteiger charge is 2.23. The molecule has 0 atom stereocenters. The molecule has 6 heteroatoms. The third-order valence-corrected chi connectivity index (χ3v) is 5.59. The van der Waals surface area contributed by atoms with Crippen LogP contribution in [-0.4, -0.2) is 54.6 Å². The number of aryl methyl sites for hydroxylation is 1. The lowest BCUT2D eigenvalue weighted by molar-refractivity contribution is -0.132. The van der Waals surface area contributed by atoms with Gasteiger partial charge >= 0.3 is 5.97 Å². The number of nitrogens with zero attached hydrogens (tertiary/aromatic N) is 3. The largest absolute Gasteiger partial charge is 0.465 e. The molecule has 0 aliphatic carbocycles. The molecule has 0 spiro atoms. The topological polar surface area (TPSA) is 54.8 Å². The minimum Gasteiger partial charge on any atom is -0.465 e. The number of fused-ring (bicyclic) bond motifs is 1. The van der Waals surface area contributed by atoms with Gasteiger partial charge in [-0.15, -0.1) is 0 Å². The number of carbonyl (C=O) groups is 2. The van der Waals surface area contributed by atoms with Crippen LogP contribution in [0.2, 0.25) is 0 Å². The minimum absolute atomic E-state index is 0.0617. The van der Waals surface area contributed by atoms with Gasteiger partial charge in [0.1, 0.15) is 6.54 Å². The number of amides is 1. The van der Waals surface area contributed by atoms with Crippen molar-refractivity contribution in [2.45, 2.75) is 13.5 Å². The van der Waals surface area contributed by atoms with Crippen LogP contribution < -0.4 is 4.90 Å². The SMILES string of the molecule is COC(=O)c1cn(CC(=O)N2CCN(c3ccccc3C)CC2)c2ccccc12. The quantitative estimate of drug-likeness (QED) is 0.642. The van der Waals surface area contributed by atoms with Gasteiger partial charge in [0.05, 0.1) is 12.7 Å². The van der Waals surface area contributed by atoms with Crippen molar-refractivity contribution >= 4 is 28.5 Å². The van der Waals surface area contributed by atoms with E-state index in [0.29, 0.717) is 18.7 Å². The number of aromatic nitrogens is 1. The number of carbonyl (C=O) groups excluding carboxylic acids is 2. The third kappa shape index (κ3) is 3.70. The molecule has 0 N–H and O–H groups in total. The first-order valence-corrected chi connectivity index (χ1v) is 9.83. The minimum atomic E-state index is -0.390. The van der Waals surface area contributed by atoms with Crippen LogP contribution in [0.1, 0.15) is 15.9 Å². The average Bonchev–Trinajstić information content (AvgIpc) is 3.12. The number of hydrogen-bond acceptors (Lipinski definition) is 4. The Morgan fingerprint density at radius 3 is 2.38 bits per heavy atom. The zero-order valence-electron chi connectivity index (χ0n) is 16.8. The van der Waals surface area contributed by atoms with E-state index < -0.39 is 0 Å². The molecule has 4 rings (SSSR count). The number of methoxy groups -OCH3 is 1. The summed E-state index contributed by atoms with van der Waals surface area (Å²) >= 11 is 0. The lowest BCUT2D eigenvalue weighted by atomic mass is 10.1. The maximum Gasteiger partial charge on any atom is 0.340 e. The summed E-state index contributed by atoms with van der Waals surface area (Å²) < 4.78 is 6.73. The van der Waals surface area contributed by atoms with Crippen molar-refractivity contribution in [3.63, 3.8) is 0 Å². The molecule has 1 aliphatic heterocycles. The number of hydrogen-bond donors (Lipinski definition) is 0. The van der Waals surface area contributed by atoms with Gasteiger partial charge < -0.3 is 19.1 Å². The Kier molecular flexibility index (Phi) is 5.25. The fourth-order valence-electron chi connectivity index (χ4n) is 4.01. The second-order valence-corrected chi connectivity index (χ2v) is 7.33. The number of esters is 1. The molecule has 1 fully saturated rings. The van der Waals surface area contributed by atoms with Crippen molar-refractivity contribution in [3.05, 3.63) is 65.9 Å². The Balaban J connectivity index is 1.47. The summed E-state index contributed by atoms with van der Waals surface area (Å²) in [4.78, 5) is 29.3. The molecular formula is C23H25N3O3. The first kappa shape index (κ1) is 19.1. The number of para-hydroxylation sites is 2. The van der Waals surface area contributed by atoms with E-state index in [1.54, 1.807) is 6.20 Å². The molecule has 1 saturated heterocycles. The standard InChI is InChI=1S/C23H25N3O3/c1-17-7-3-5-9-20(17)24-11-13-25(14-12-24)22(27)16-26-15-19(23(28)29-2)18-8-4-6-10-21(18)26/h3-10,15H,11-14,16H2,1-2H3. The van der Waals surface area contributed by atoms with Crippen LogP contribution in [0.25, 0.3) is 10.9 Å². The first-order valence-electron chi connectivity index (χ1n) is 9.83. The van der Waals surface area contributed by atoms with Crippen molar-refractivity contribution in [1.82, 2.24) is 9.47 Å². The summed E-state index contributed by atoms with van der Waals surface area (Å²) in [5.74, 6) is -0.328. The molecule has 0 unspecified atom stereocenters. The maximum atomic E-state index is 12.9. The zero-order chi connectivity index (χ0) is 20.4. The van der Waals surface area contributed by atoms with Gasteiger partial charge in [-0.1, -0.05) is 36.4 Å². The molecule has 1 aliphatic rings. The van der Waals surface area contributed by atoms with Gasteiger partial charge in [0, 0.05) is 49.0 Å². The summed E-state index contributed by atoms with van der Waals surface area (Å²) in [7, 11) is 1.37. The predicted molar refractivity (Wildman–Crippen MR) is 113 cm³/mol. The smallest absolute Gasteiger partial charge is 0.340 e. The van der Waals surface area contributed by atoms with E-state index in [0.717, 1.165) is 24.0 Å². The van der Waals surface area contributed by atoms with Crippen LogP contribution >= 0.6 is 0 Å². The van der Waals surface area contributed by atoms with Gasteiger partial charge in [-0.05, 0) is 24.6 Å². The van der Waals surface area contributed by atoms with Gasteiger partial charge in [-0.25, -0.2) is 4.79 Å². The normalized spacial score (nSPS) is 14.3. The van der Waals surface area contributed by atoms with Crippen LogP contribution in [0.15, 0.2) is 54.7 Å². The Bertz CT molecular complexity index is 1050. The van der Waals surface area contributed by atoms with E-state index in [2.05, 4.69) is 30.0 Å². The Labute approximate surface area is 170 Å². The zero-order valence-corrected chi connectivity index (χ0v) is 16.8. The van der Waals surface area contributed by atoms with Crippen LogP contribution in [0.3, 0.4) is 0 Å². The van der Waals surface area contributed by atoms with Gasteiger partial charge in [-0.2, -0.15) is 0 Å². The van der Waals surface area contributed by atoms with E-state index >= 15 is 0 Å². The first-order chi connectivity index (χ1) is 14.1. The van der Waals surface area contributed by atoms with Crippen LogP contribution in [0.5, 0.6) is 0 Å². The summed E-state index contributed by atoms with van der Waals surface area (Å²) in [6, 6.07) is 15.9. The molecule has 150 valence electrons. The Hall–Kier alpha value is -3.28. The van der Waals surface area contributed by atoms with E-state index in [9.17, 15) is 9.59 Å². The summed E-state index contributed by atoms with van der Waals surface area (Å²) in [5, 5.41) is 0.802. The monoisotopic (exact) mass is 391 g/mol. The number of ether oxygens (including phenoxy) is 1. The number of rotatable bonds is 4. The fraction of sp³-hybridized carbons (Fsp3) is 0.304. The second kappa shape index (κ2) is 7.99. The lowest BCUT2D eigenvalue weighted by Crippen LogP contribution is -2.49. The number of piperazine rings is 1. The fourth-order valence-corrected chi connectivity index (χ4v) is 4.01. The highest BCUT2D eigenvalue weighted by molar-refractivity contribution is 6.04. The summed E-state index contributed by atoms with van der Waals surface area (Å²) in [6.45, 7) is 5.34. The number of anilines is 1. The number of benzene rings is 2. The average molecular weight is 391 g/mol. The van der Waals surface area contributed by atoms with E-state index in [-0.39, 0.29) is 18.4 Å². The van der Waals surface area contributed by atoms with E-state index in [1.807, 2.05) is 39.8 Å². The van der Waals surface area contributed by atoms with Crippen LogP contribution in [-0.2, 0) is 16.1 Å². The van der Waals surface area contributed by atoms with Crippen LogP contribution in [0.4, 0.5) is 5.69 Å². The van der Waals surface area contributed by atoms with Crippen molar-refractivity contribution in [2.24, 2.45) is 0 Å². The van der Waals surface area contributed by atoms with E-state index in [4.69, 9.17) is 4.74 Å². The highest BCUT2D eigenvalue weighted by atomic mass is 16.5. The molecule has 1 aromatic heterocycles. The maximum absolute atomic E-state index is 12.9. The Morgan fingerprint density at radius 1 is 0.966 bits per heavy atom. The van der Waals surface area contributed by atoms with E-state index in [1.165, 1.54) is 18.4 Å². The molecule has 29 heavy (non-hydrogen) atoms. The van der Waals surface area contributed by atoms with Crippen LogP contribution in [0, 0.1) is 6.92 Å². The van der Waals surface area contributed by atoms with Gasteiger partial charge in [0.25, 0.3) is 0 Å². The molecule has 6 nitrogen and oxygen atoms in total. The highest BCUT2D eigenvalue weighted by Crippen LogP contribution is 2.23. The molecule has 2 aromatic carbocycles. The van der Waals surface area contributed by atoms with Gasteiger partial charge in [0.15, 0.2) is 0 Å².